The average Bonchev–Trinajstić information content (AvgIpc) is 2.72. The van der Waals surface area contributed by atoms with Crippen molar-refractivity contribution in [2.45, 2.75) is 17.7 Å². The Labute approximate surface area is 161 Å². The molecule has 1 fully saturated rings. The lowest BCUT2D eigenvalue weighted by molar-refractivity contribution is -0.126. The van der Waals surface area contributed by atoms with E-state index in [1.54, 1.807) is 12.1 Å². The Morgan fingerprint density at radius 3 is 2.54 bits per heavy atom. The fourth-order valence-corrected chi connectivity index (χ4v) is 4.44. The van der Waals surface area contributed by atoms with Crippen molar-refractivity contribution >= 4 is 21.8 Å². The number of hydrogen-bond acceptors (Lipinski definition) is 5. The molecule has 10 heteroatoms. The summed E-state index contributed by atoms with van der Waals surface area (Å²) in [5.41, 5.74) is 4.74. The van der Waals surface area contributed by atoms with Gasteiger partial charge in [0.15, 0.2) is 0 Å². The molecule has 1 aliphatic rings. The van der Waals surface area contributed by atoms with E-state index in [1.165, 1.54) is 28.7 Å². The summed E-state index contributed by atoms with van der Waals surface area (Å²) in [6.07, 6.45) is 2.43. The van der Waals surface area contributed by atoms with Gasteiger partial charge in [0.05, 0.1) is 10.8 Å². The van der Waals surface area contributed by atoms with Gasteiger partial charge in [0.2, 0.25) is 15.9 Å². The van der Waals surface area contributed by atoms with Crippen molar-refractivity contribution in [3.05, 3.63) is 60.2 Å². The van der Waals surface area contributed by atoms with E-state index >= 15 is 0 Å². The van der Waals surface area contributed by atoms with E-state index in [9.17, 15) is 22.4 Å². The van der Waals surface area contributed by atoms with Gasteiger partial charge in [-0.1, -0.05) is 6.07 Å². The summed E-state index contributed by atoms with van der Waals surface area (Å²) in [5.74, 6) is -2.20. The topological polar surface area (TPSA) is 108 Å². The Morgan fingerprint density at radius 2 is 1.86 bits per heavy atom. The minimum atomic E-state index is -3.83. The number of carbonyl (C=O) groups is 2. The predicted molar refractivity (Wildman–Crippen MR) is 97.7 cm³/mol. The molecule has 0 aliphatic carbocycles. The molecule has 2 N–H and O–H groups in total. The van der Waals surface area contributed by atoms with Gasteiger partial charge in [-0.25, -0.2) is 12.8 Å². The number of piperidine rings is 1. The maximum absolute atomic E-state index is 13.1. The van der Waals surface area contributed by atoms with Crippen LogP contribution in [0.3, 0.4) is 0 Å². The highest BCUT2D eigenvalue weighted by Crippen LogP contribution is 2.24. The highest BCUT2D eigenvalue weighted by Gasteiger charge is 2.33. The summed E-state index contributed by atoms with van der Waals surface area (Å²) in [6, 6.07) is 9.35. The van der Waals surface area contributed by atoms with E-state index in [0.717, 1.165) is 12.1 Å². The minimum absolute atomic E-state index is 0.0228. The summed E-state index contributed by atoms with van der Waals surface area (Å²) in [7, 11) is -3.83. The van der Waals surface area contributed by atoms with Crippen LogP contribution in [0.1, 0.15) is 23.3 Å². The lowest BCUT2D eigenvalue weighted by atomic mass is 9.99. The maximum Gasteiger partial charge on any atom is 0.288 e. The fraction of sp³-hybridized carbons (Fsp3) is 0.278. The number of sulfonamides is 1. The van der Waals surface area contributed by atoms with Crippen LogP contribution in [0.15, 0.2) is 53.6 Å². The molecule has 1 aliphatic heterocycles. The Morgan fingerprint density at radius 1 is 1.11 bits per heavy atom. The number of hydrogen-bond donors (Lipinski definition) is 2. The number of amides is 2. The predicted octanol–water partition coefficient (Wildman–Crippen LogP) is 1.08. The molecule has 1 saturated heterocycles. The highest BCUT2D eigenvalue weighted by molar-refractivity contribution is 7.89. The van der Waals surface area contributed by atoms with Crippen molar-refractivity contribution in [3.63, 3.8) is 0 Å². The van der Waals surface area contributed by atoms with Crippen LogP contribution in [0.5, 0.6) is 0 Å². The number of pyridine rings is 1. The largest absolute Gasteiger partial charge is 0.288 e. The number of carbonyl (C=O) groups excluding carboxylic acids is 2. The van der Waals surface area contributed by atoms with Crippen LogP contribution in [0.4, 0.5) is 4.39 Å². The first kappa shape index (κ1) is 19.9. The molecule has 1 aromatic carbocycles. The first-order valence-corrected chi connectivity index (χ1v) is 10.1. The second kappa shape index (κ2) is 8.44. The van der Waals surface area contributed by atoms with E-state index in [4.69, 9.17) is 0 Å². The monoisotopic (exact) mass is 406 g/mol. The van der Waals surface area contributed by atoms with Gasteiger partial charge in [0, 0.05) is 19.3 Å². The third-order valence-corrected chi connectivity index (χ3v) is 6.28. The van der Waals surface area contributed by atoms with Crippen LogP contribution in [-0.4, -0.2) is 42.6 Å². The lowest BCUT2D eigenvalue weighted by Gasteiger charge is -2.31. The molecule has 28 heavy (non-hydrogen) atoms. The molecular formula is C18H19FN4O4S. The Hall–Kier alpha value is -2.85. The molecule has 148 valence electrons. The Bertz CT molecular complexity index is 951. The molecule has 0 unspecified atom stereocenters. The van der Waals surface area contributed by atoms with Crippen molar-refractivity contribution in [3.8, 4) is 0 Å². The molecule has 8 nitrogen and oxygen atoms in total. The molecule has 2 heterocycles. The first-order valence-electron chi connectivity index (χ1n) is 8.65. The fourth-order valence-electron chi connectivity index (χ4n) is 2.91. The second-order valence-corrected chi connectivity index (χ2v) is 8.25. The molecule has 0 bridgehead atoms. The molecule has 2 amide bonds. The summed E-state index contributed by atoms with van der Waals surface area (Å²) >= 11 is 0. The molecule has 0 saturated carbocycles. The van der Waals surface area contributed by atoms with E-state index in [2.05, 4.69) is 15.8 Å². The van der Waals surface area contributed by atoms with Gasteiger partial charge in [-0.3, -0.25) is 25.4 Å². The zero-order valence-electron chi connectivity index (χ0n) is 14.8. The average molecular weight is 406 g/mol. The standard InChI is InChI=1S/C18H19FN4O4S/c19-14-6-8-15(9-7-14)28(26,27)23-11-3-4-13(12-23)17(24)21-22-18(25)16-5-1-2-10-20-16/h1-2,5-10,13H,3-4,11-12H2,(H,21,24)(H,22,25)/t13-/m1/s1. The van der Waals surface area contributed by atoms with Gasteiger partial charge in [0.1, 0.15) is 11.5 Å². The number of aromatic nitrogens is 1. The van der Waals surface area contributed by atoms with E-state index < -0.39 is 33.6 Å². The van der Waals surface area contributed by atoms with Crippen LogP contribution >= 0.6 is 0 Å². The van der Waals surface area contributed by atoms with E-state index in [1.807, 2.05) is 0 Å². The summed E-state index contributed by atoms with van der Waals surface area (Å²) in [5, 5.41) is 0. The van der Waals surface area contributed by atoms with E-state index in [-0.39, 0.29) is 23.7 Å². The van der Waals surface area contributed by atoms with Crippen molar-refractivity contribution in [2.24, 2.45) is 5.92 Å². The van der Waals surface area contributed by atoms with Crippen LogP contribution in [0, 0.1) is 11.7 Å². The molecule has 1 aromatic heterocycles. The number of rotatable bonds is 4. The van der Waals surface area contributed by atoms with Gasteiger partial charge in [-0.15, -0.1) is 0 Å². The van der Waals surface area contributed by atoms with Gasteiger partial charge in [-0.2, -0.15) is 4.31 Å². The molecule has 1 atom stereocenters. The van der Waals surface area contributed by atoms with Gasteiger partial charge >= 0.3 is 0 Å². The van der Waals surface area contributed by atoms with Gasteiger partial charge in [-0.05, 0) is 49.2 Å². The van der Waals surface area contributed by atoms with Gasteiger partial charge < -0.3 is 0 Å². The van der Waals surface area contributed by atoms with Crippen molar-refractivity contribution < 1.29 is 22.4 Å². The quantitative estimate of drug-likeness (QED) is 0.739. The van der Waals surface area contributed by atoms with Crippen LogP contribution < -0.4 is 10.9 Å². The highest BCUT2D eigenvalue weighted by atomic mass is 32.2. The number of nitrogens with zero attached hydrogens (tertiary/aromatic N) is 2. The molecule has 2 aromatic rings. The molecule has 3 rings (SSSR count). The third kappa shape index (κ3) is 4.52. The number of nitrogens with one attached hydrogen (secondary N) is 2. The number of hydrazine groups is 1. The minimum Gasteiger partial charge on any atom is -0.273 e. The van der Waals surface area contributed by atoms with Crippen molar-refractivity contribution in [1.29, 1.82) is 0 Å². The van der Waals surface area contributed by atoms with Crippen molar-refractivity contribution in [2.75, 3.05) is 13.1 Å². The summed E-state index contributed by atoms with van der Waals surface area (Å²) < 4.78 is 39.7. The smallest absolute Gasteiger partial charge is 0.273 e. The Kier molecular flexibility index (Phi) is 6.00. The Balaban J connectivity index is 1.61. The van der Waals surface area contributed by atoms with E-state index in [0.29, 0.717) is 12.8 Å². The normalized spacial score (nSPS) is 17.7. The zero-order chi connectivity index (χ0) is 20.1. The zero-order valence-corrected chi connectivity index (χ0v) is 15.7. The second-order valence-electron chi connectivity index (χ2n) is 6.31. The number of halogens is 1. The van der Waals surface area contributed by atoms with Gasteiger partial charge in [0.25, 0.3) is 5.91 Å². The van der Waals surface area contributed by atoms with Crippen molar-refractivity contribution in [1.82, 2.24) is 20.1 Å². The maximum atomic E-state index is 13.1. The van der Waals surface area contributed by atoms with Crippen LogP contribution in [-0.2, 0) is 14.8 Å². The third-order valence-electron chi connectivity index (χ3n) is 4.40. The molecule has 0 radical (unpaired) electrons. The van der Waals surface area contributed by atoms with Crippen LogP contribution in [0.25, 0.3) is 0 Å². The molecule has 0 spiro atoms. The SMILES string of the molecule is O=C(NNC(=O)[C@@H]1CCCN(S(=O)(=O)c2ccc(F)cc2)C1)c1ccccn1. The first-order chi connectivity index (χ1) is 13.4. The lowest BCUT2D eigenvalue weighted by Crippen LogP contribution is -2.50. The summed E-state index contributed by atoms with van der Waals surface area (Å²) in [6.45, 7) is 0.245. The number of benzene rings is 1. The molecular weight excluding hydrogens is 387 g/mol. The van der Waals surface area contributed by atoms with Crippen LogP contribution in [0.2, 0.25) is 0 Å². The summed E-state index contributed by atoms with van der Waals surface area (Å²) in [4.78, 5) is 28.2.